The second-order valence-corrected chi connectivity index (χ2v) is 8.24. The van der Waals surface area contributed by atoms with Crippen LogP contribution in [-0.4, -0.2) is 36.6 Å². The Morgan fingerprint density at radius 2 is 1.93 bits per heavy atom. The summed E-state index contributed by atoms with van der Waals surface area (Å²) in [6, 6.07) is 6.05. The van der Waals surface area contributed by atoms with E-state index in [-0.39, 0.29) is 11.7 Å². The lowest BCUT2D eigenvalue weighted by Crippen LogP contribution is -2.14. The molecule has 0 bridgehead atoms. The van der Waals surface area contributed by atoms with Crippen molar-refractivity contribution in [3.05, 3.63) is 40.2 Å². The van der Waals surface area contributed by atoms with Gasteiger partial charge in [0, 0.05) is 6.54 Å². The molecule has 0 fully saturated rings. The smallest absolute Gasteiger partial charge is 0.236 e. The lowest BCUT2D eigenvalue weighted by Gasteiger charge is -2.12. The highest BCUT2D eigenvalue weighted by atomic mass is 32.2. The number of nitrogens with one attached hydrogen (secondary N) is 1. The molecular formula is C18H22N6O2S2. The predicted octanol–water partition coefficient (Wildman–Crippen LogP) is 3.38. The number of thioether (sulfide) groups is 1. The van der Waals surface area contributed by atoms with Gasteiger partial charge in [-0.25, -0.2) is 0 Å². The van der Waals surface area contributed by atoms with Crippen LogP contribution in [0, 0.1) is 20.8 Å². The molecule has 0 aliphatic carbocycles. The van der Waals surface area contributed by atoms with Crippen molar-refractivity contribution in [3.8, 4) is 5.75 Å². The van der Waals surface area contributed by atoms with Gasteiger partial charge in [0.05, 0.1) is 5.75 Å². The Balaban J connectivity index is 1.61. The maximum absolute atomic E-state index is 12.1. The van der Waals surface area contributed by atoms with E-state index in [9.17, 15) is 4.79 Å². The molecule has 8 nitrogen and oxygen atoms in total. The van der Waals surface area contributed by atoms with Crippen molar-refractivity contribution in [3.63, 3.8) is 0 Å². The van der Waals surface area contributed by atoms with E-state index in [0.717, 1.165) is 27.7 Å². The third-order valence-corrected chi connectivity index (χ3v) is 5.69. The summed E-state index contributed by atoms with van der Waals surface area (Å²) in [7, 11) is 0. The van der Waals surface area contributed by atoms with Gasteiger partial charge in [-0.05, 0) is 38.8 Å². The van der Waals surface area contributed by atoms with Gasteiger partial charge < -0.3 is 9.30 Å². The minimum absolute atomic E-state index is 0.153. The van der Waals surface area contributed by atoms with Gasteiger partial charge in [-0.1, -0.05) is 41.3 Å². The summed E-state index contributed by atoms with van der Waals surface area (Å²) in [5.74, 6) is 1.66. The molecule has 10 heteroatoms. The number of aromatic nitrogens is 5. The molecule has 0 saturated heterocycles. The van der Waals surface area contributed by atoms with Crippen LogP contribution >= 0.6 is 23.1 Å². The molecular weight excluding hydrogens is 396 g/mol. The van der Waals surface area contributed by atoms with Crippen molar-refractivity contribution < 1.29 is 9.53 Å². The topological polar surface area (TPSA) is 94.8 Å². The van der Waals surface area contributed by atoms with Crippen LogP contribution in [0.1, 0.15) is 28.9 Å². The summed E-state index contributed by atoms with van der Waals surface area (Å²) < 4.78 is 7.95. The number of amides is 1. The molecule has 148 valence electrons. The fourth-order valence-electron chi connectivity index (χ4n) is 2.65. The number of rotatable bonds is 8. The lowest BCUT2D eigenvalue weighted by atomic mass is 10.1. The van der Waals surface area contributed by atoms with Gasteiger partial charge in [-0.3, -0.25) is 10.1 Å². The number of ether oxygens (including phenoxy) is 1. The van der Waals surface area contributed by atoms with Crippen LogP contribution in [0.4, 0.5) is 5.13 Å². The molecule has 3 rings (SSSR count). The fraction of sp³-hybridized carbons (Fsp3) is 0.389. The molecule has 2 heterocycles. The Hall–Kier alpha value is -2.46. The molecule has 0 spiro atoms. The Kier molecular flexibility index (Phi) is 6.63. The molecule has 3 aromatic rings. The largest absolute Gasteiger partial charge is 0.485 e. The Morgan fingerprint density at radius 3 is 2.57 bits per heavy atom. The summed E-state index contributed by atoms with van der Waals surface area (Å²) in [6.07, 6.45) is 0. The van der Waals surface area contributed by atoms with Gasteiger partial charge in [-0.15, -0.1) is 20.4 Å². The molecule has 0 unspecified atom stereocenters. The van der Waals surface area contributed by atoms with Gasteiger partial charge in [-0.2, -0.15) is 0 Å². The molecule has 0 aliphatic rings. The summed E-state index contributed by atoms with van der Waals surface area (Å²) in [6.45, 7) is 8.91. The number of para-hydroxylation sites is 1. The van der Waals surface area contributed by atoms with E-state index < -0.39 is 0 Å². The number of nitrogens with zero attached hydrogens (tertiary/aromatic N) is 5. The molecule has 0 saturated carbocycles. The van der Waals surface area contributed by atoms with E-state index in [4.69, 9.17) is 4.74 Å². The van der Waals surface area contributed by atoms with Crippen molar-refractivity contribution in [2.24, 2.45) is 0 Å². The maximum Gasteiger partial charge on any atom is 0.236 e. The van der Waals surface area contributed by atoms with Crippen LogP contribution in [0.15, 0.2) is 23.4 Å². The number of aryl methyl sites for hydroxylation is 3. The van der Waals surface area contributed by atoms with Gasteiger partial charge in [0.15, 0.2) is 11.0 Å². The third-order valence-electron chi connectivity index (χ3n) is 3.97. The number of hydrogen-bond acceptors (Lipinski definition) is 8. The highest BCUT2D eigenvalue weighted by Crippen LogP contribution is 2.24. The van der Waals surface area contributed by atoms with E-state index in [1.807, 2.05) is 50.5 Å². The summed E-state index contributed by atoms with van der Waals surface area (Å²) in [4.78, 5) is 12.1. The molecule has 0 atom stereocenters. The van der Waals surface area contributed by atoms with Crippen molar-refractivity contribution >= 4 is 34.1 Å². The predicted molar refractivity (Wildman–Crippen MR) is 110 cm³/mol. The highest BCUT2D eigenvalue weighted by Gasteiger charge is 2.15. The summed E-state index contributed by atoms with van der Waals surface area (Å²) in [5, 5.41) is 21.0. The number of carbonyl (C=O) groups excluding carboxylic acids is 1. The molecule has 1 amide bonds. The van der Waals surface area contributed by atoms with Crippen molar-refractivity contribution in [2.45, 2.75) is 46.0 Å². The maximum atomic E-state index is 12.1. The van der Waals surface area contributed by atoms with Crippen LogP contribution in [-0.2, 0) is 17.9 Å². The van der Waals surface area contributed by atoms with Gasteiger partial charge in [0.2, 0.25) is 11.0 Å². The Morgan fingerprint density at radius 1 is 1.18 bits per heavy atom. The zero-order valence-corrected chi connectivity index (χ0v) is 17.9. The average Bonchev–Trinajstić information content (AvgIpc) is 3.25. The summed E-state index contributed by atoms with van der Waals surface area (Å²) in [5.41, 5.74) is 2.17. The Bertz CT molecular complexity index is 949. The molecule has 0 radical (unpaired) electrons. The minimum Gasteiger partial charge on any atom is -0.485 e. The van der Waals surface area contributed by atoms with E-state index in [1.165, 1.54) is 23.1 Å². The normalized spacial score (nSPS) is 10.9. The first-order valence-electron chi connectivity index (χ1n) is 8.81. The molecule has 1 aromatic carbocycles. The summed E-state index contributed by atoms with van der Waals surface area (Å²) >= 11 is 2.68. The average molecular weight is 419 g/mol. The van der Waals surface area contributed by atoms with E-state index in [0.29, 0.717) is 23.4 Å². The van der Waals surface area contributed by atoms with Gasteiger partial charge >= 0.3 is 0 Å². The number of anilines is 1. The van der Waals surface area contributed by atoms with Gasteiger partial charge in [0.25, 0.3) is 0 Å². The van der Waals surface area contributed by atoms with E-state index in [1.54, 1.807) is 0 Å². The number of carbonyl (C=O) groups is 1. The van der Waals surface area contributed by atoms with Gasteiger partial charge in [0.1, 0.15) is 17.4 Å². The zero-order valence-electron chi connectivity index (χ0n) is 16.2. The van der Waals surface area contributed by atoms with Crippen LogP contribution in [0.2, 0.25) is 0 Å². The zero-order chi connectivity index (χ0) is 20.1. The second-order valence-electron chi connectivity index (χ2n) is 6.12. The Labute approximate surface area is 171 Å². The highest BCUT2D eigenvalue weighted by molar-refractivity contribution is 7.99. The van der Waals surface area contributed by atoms with Crippen molar-refractivity contribution in [1.29, 1.82) is 0 Å². The van der Waals surface area contributed by atoms with Crippen LogP contribution < -0.4 is 10.1 Å². The quantitative estimate of drug-likeness (QED) is 0.560. The molecule has 2 aromatic heterocycles. The van der Waals surface area contributed by atoms with Crippen molar-refractivity contribution in [2.75, 3.05) is 11.1 Å². The second kappa shape index (κ2) is 9.16. The number of benzene rings is 1. The van der Waals surface area contributed by atoms with Crippen LogP contribution in [0.3, 0.4) is 0 Å². The first kappa shape index (κ1) is 20.3. The minimum atomic E-state index is -0.153. The van der Waals surface area contributed by atoms with Crippen LogP contribution in [0.25, 0.3) is 0 Å². The van der Waals surface area contributed by atoms with Crippen molar-refractivity contribution in [1.82, 2.24) is 25.0 Å². The fourth-order valence-corrected chi connectivity index (χ4v) is 4.08. The number of hydrogen-bond donors (Lipinski definition) is 1. The molecule has 28 heavy (non-hydrogen) atoms. The molecule has 0 aliphatic heterocycles. The monoisotopic (exact) mass is 418 g/mol. The SMILES string of the molecule is CCn1c(COc2c(C)cccc2C)nnc1SCC(=O)Nc1nnc(C)s1. The third kappa shape index (κ3) is 4.87. The van der Waals surface area contributed by atoms with E-state index >= 15 is 0 Å². The standard InChI is InChI=1S/C18H22N6O2S2/c1-5-24-14(9-26-16-11(2)7-6-8-12(16)3)21-23-18(24)27-10-15(25)19-17-22-20-13(4)28-17/h6-8H,5,9-10H2,1-4H3,(H,19,22,25). The molecule has 1 N–H and O–H groups in total. The first-order chi connectivity index (χ1) is 13.5. The lowest BCUT2D eigenvalue weighted by molar-refractivity contribution is -0.113. The van der Waals surface area contributed by atoms with E-state index in [2.05, 4.69) is 25.7 Å². The van der Waals surface area contributed by atoms with Crippen LogP contribution in [0.5, 0.6) is 5.75 Å². The first-order valence-corrected chi connectivity index (χ1v) is 10.6.